The summed E-state index contributed by atoms with van der Waals surface area (Å²) in [6.45, 7) is 0. The van der Waals surface area contributed by atoms with Crippen LogP contribution in [0.4, 0.5) is 4.39 Å². The topological polar surface area (TPSA) is 85.1 Å². The van der Waals surface area contributed by atoms with E-state index < -0.39 is 21.9 Å². The first-order valence-corrected chi connectivity index (χ1v) is 10.7. The molecule has 0 saturated heterocycles. The lowest BCUT2D eigenvalue weighted by molar-refractivity contribution is 0.464. The van der Waals surface area contributed by atoms with Crippen molar-refractivity contribution in [3.8, 4) is 11.5 Å². The summed E-state index contributed by atoms with van der Waals surface area (Å²) in [6.07, 6.45) is 0. The summed E-state index contributed by atoms with van der Waals surface area (Å²) in [4.78, 5) is -0.0920. The van der Waals surface area contributed by atoms with Gasteiger partial charge in [-0.1, -0.05) is 41.9 Å². The van der Waals surface area contributed by atoms with E-state index in [0.29, 0.717) is 16.1 Å². The molecule has 4 aromatic rings. The van der Waals surface area contributed by atoms with Crippen LogP contribution in [-0.2, 0) is 10.0 Å². The van der Waals surface area contributed by atoms with Crippen LogP contribution in [0.15, 0.2) is 88.2 Å². The molecule has 0 amide bonds. The third kappa shape index (κ3) is 4.40. The Labute approximate surface area is 177 Å². The van der Waals surface area contributed by atoms with Crippen LogP contribution >= 0.6 is 11.6 Å². The Morgan fingerprint density at radius 2 is 1.57 bits per heavy atom. The fourth-order valence-electron chi connectivity index (χ4n) is 2.80. The van der Waals surface area contributed by atoms with E-state index in [1.54, 1.807) is 36.4 Å². The summed E-state index contributed by atoms with van der Waals surface area (Å²) >= 11 is 5.96. The van der Waals surface area contributed by atoms with Gasteiger partial charge in [-0.3, -0.25) is 0 Å². The Kier molecular flexibility index (Phi) is 5.63. The number of sulfonamides is 1. The zero-order chi connectivity index (χ0) is 21.1. The van der Waals surface area contributed by atoms with Crippen LogP contribution in [-0.4, -0.2) is 18.6 Å². The lowest BCUT2D eigenvalue weighted by atomic mass is 10.1. The minimum absolute atomic E-state index is 0.0573. The number of benzene rings is 3. The SMILES string of the molecule is O=S(=O)(N[C@@H](c1ccc(Cl)cc1)c1nnc(-c2ccccc2)o1)c1ccc(F)cc1. The second-order valence-electron chi connectivity index (χ2n) is 6.37. The Morgan fingerprint density at radius 3 is 2.23 bits per heavy atom. The first-order chi connectivity index (χ1) is 14.4. The average molecular weight is 444 g/mol. The summed E-state index contributed by atoms with van der Waals surface area (Å²) in [5, 5.41) is 8.58. The third-order valence-corrected chi connectivity index (χ3v) is 6.00. The molecule has 30 heavy (non-hydrogen) atoms. The summed E-state index contributed by atoms with van der Waals surface area (Å²) in [6, 6.07) is 19.2. The first kappa shape index (κ1) is 20.2. The monoisotopic (exact) mass is 443 g/mol. The highest BCUT2D eigenvalue weighted by molar-refractivity contribution is 7.89. The second kappa shape index (κ2) is 8.35. The van der Waals surface area contributed by atoms with Gasteiger partial charge in [0.1, 0.15) is 11.9 Å². The molecule has 9 heteroatoms. The fourth-order valence-corrected chi connectivity index (χ4v) is 4.11. The zero-order valence-corrected chi connectivity index (χ0v) is 16.9. The molecule has 1 aromatic heterocycles. The number of nitrogens with zero attached hydrogens (tertiary/aromatic N) is 2. The molecular weight excluding hydrogens is 429 g/mol. The van der Waals surface area contributed by atoms with Crippen molar-refractivity contribution in [2.24, 2.45) is 0 Å². The van der Waals surface area contributed by atoms with Gasteiger partial charge in [-0.25, -0.2) is 12.8 Å². The Morgan fingerprint density at radius 1 is 0.900 bits per heavy atom. The van der Waals surface area contributed by atoms with Crippen molar-refractivity contribution >= 4 is 21.6 Å². The van der Waals surface area contributed by atoms with Gasteiger partial charge >= 0.3 is 0 Å². The number of hydrogen-bond acceptors (Lipinski definition) is 5. The van der Waals surface area contributed by atoms with Crippen molar-refractivity contribution in [1.82, 2.24) is 14.9 Å². The molecule has 4 rings (SSSR count). The van der Waals surface area contributed by atoms with Gasteiger partial charge in [0.15, 0.2) is 0 Å². The van der Waals surface area contributed by atoms with Crippen molar-refractivity contribution in [3.05, 3.63) is 101 Å². The van der Waals surface area contributed by atoms with Crippen LogP contribution in [0.1, 0.15) is 17.5 Å². The molecule has 3 aromatic carbocycles. The smallest absolute Gasteiger partial charge is 0.247 e. The van der Waals surface area contributed by atoms with Crippen molar-refractivity contribution in [3.63, 3.8) is 0 Å². The summed E-state index contributed by atoms with van der Waals surface area (Å²) < 4.78 is 47.3. The van der Waals surface area contributed by atoms with Gasteiger partial charge in [0.25, 0.3) is 0 Å². The van der Waals surface area contributed by atoms with Crippen LogP contribution < -0.4 is 4.72 Å². The second-order valence-corrected chi connectivity index (χ2v) is 8.52. The molecule has 0 bridgehead atoms. The minimum atomic E-state index is -4.02. The van der Waals surface area contributed by atoms with E-state index in [2.05, 4.69) is 14.9 Å². The molecule has 152 valence electrons. The van der Waals surface area contributed by atoms with E-state index in [1.165, 1.54) is 12.1 Å². The first-order valence-electron chi connectivity index (χ1n) is 8.84. The predicted octanol–water partition coefficient (Wildman–Crippen LogP) is 4.60. The Bertz CT molecular complexity index is 1240. The van der Waals surface area contributed by atoms with Gasteiger partial charge in [0.2, 0.25) is 21.8 Å². The molecular formula is C21H15ClFN3O3S. The fraction of sp³-hybridized carbons (Fsp3) is 0.0476. The molecule has 0 fully saturated rings. The molecule has 1 atom stereocenters. The predicted molar refractivity (Wildman–Crippen MR) is 110 cm³/mol. The van der Waals surface area contributed by atoms with Gasteiger partial charge in [0, 0.05) is 10.6 Å². The molecule has 0 saturated carbocycles. The number of nitrogens with one attached hydrogen (secondary N) is 1. The number of hydrogen-bond donors (Lipinski definition) is 1. The number of aromatic nitrogens is 2. The highest BCUT2D eigenvalue weighted by atomic mass is 35.5. The van der Waals surface area contributed by atoms with Gasteiger partial charge in [0.05, 0.1) is 4.90 Å². The standard InChI is InChI=1S/C21H15ClFN3O3S/c22-16-8-6-14(7-9-16)19(26-30(27,28)18-12-10-17(23)11-13-18)21-25-24-20(29-21)15-4-2-1-3-5-15/h1-13,19,26H/t19-/m0/s1. The van der Waals surface area contributed by atoms with Crippen molar-refractivity contribution in [1.29, 1.82) is 0 Å². The molecule has 0 aliphatic rings. The zero-order valence-electron chi connectivity index (χ0n) is 15.4. The van der Waals surface area contributed by atoms with Gasteiger partial charge in [-0.05, 0) is 54.1 Å². The number of halogens is 2. The van der Waals surface area contributed by atoms with Crippen LogP contribution in [0.5, 0.6) is 0 Å². The molecule has 6 nitrogen and oxygen atoms in total. The summed E-state index contributed by atoms with van der Waals surface area (Å²) in [5.74, 6) is -0.222. The maximum absolute atomic E-state index is 13.2. The van der Waals surface area contributed by atoms with Crippen LogP contribution in [0.2, 0.25) is 5.02 Å². The highest BCUT2D eigenvalue weighted by Crippen LogP contribution is 2.27. The average Bonchev–Trinajstić information content (AvgIpc) is 3.24. The molecule has 0 aliphatic heterocycles. The van der Waals surface area contributed by atoms with Crippen molar-refractivity contribution in [2.45, 2.75) is 10.9 Å². The largest absolute Gasteiger partial charge is 0.419 e. The highest BCUT2D eigenvalue weighted by Gasteiger charge is 2.27. The van der Waals surface area contributed by atoms with Gasteiger partial charge in [-0.2, -0.15) is 4.72 Å². The Balaban J connectivity index is 1.73. The quantitative estimate of drug-likeness (QED) is 0.471. The van der Waals surface area contributed by atoms with Crippen molar-refractivity contribution in [2.75, 3.05) is 0 Å². The van der Waals surface area contributed by atoms with Gasteiger partial charge < -0.3 is 4.42 Å². The molecule has 1 heterocycles. The van der Waals surface area contributed by atoms with Crippen LogP contribution in [0.3, 0.4) is 0 Å². The number of rotatable bonds is 6. The summed E-state index contributed by atoms with van der Waals surface area (Å²) in [5.41, 5.74) is 1.25. The third-order valence-electron chi connectivity index (χ3n) is 4.31. The van der Waals surface area contributed by atoms with E-state index in [0.717, 1.165) is 12.1 Å². The normalized spacial score (nSPS) is 12.6. The van der Waals surface area contributed by atoms with E-state index in [9.17, 15) is 12.8 Å². The molecule has 0 unspecified atom stereocenters. The van der Waals surface area contributed by atoms with Gasteiger partial charge in [-0.15, -0.1) is 10.2 Å². The Hall–Kier alpha value is -3.07. The minimum Gasteiger partial charge on any atom is -0.419 e. The molecule has 0 spiro atoms. The molecule has 1 N–H and O–H groups in total. The maximum Gasteiger partial charge on any atom is 0.247 e. The van der Waals surface area contributed by atoms with Crippen molar-refractivity contribution < 1.29 is 17.2 Å². The van der Waals surface area contributed by atoms with E-state index >= 15 is 0 Å². The van der Waals surface area contributed by atoms with Crippen LogP contribution in [0, 0.1) is 5.82 Å². The summed E-state index contributed by atoms with van der Waals surface area (Å²) in [7, 11) is -4.02. The molecule has 0 aliphatic carbocycles. The van der Waals surface area contributed by atoms with E-state index in [-0.39, 0.29) is 16.7 Å². The van der Waals surface area contributed by atoms with E-state index in [1.807, 2.05) is 18.2 Å². The lowest BCUT2D eigenvalue weighted by Gasteiger charge is -2.16. The lowest BCUT2D eigenvalue weighted by Crippen LogP contribution is -2.29. The molecule has 0 radical (unpaired) electrons. The van der Waals surface area contributed by atoms with E-state index in [4.69, 9.17) is 16.0 Å². The maximum atomic E-state index is 13.2. The van der Waals surface area contributed by atoms with Crippen LogP contribution in [0.25, 0.3) is 11.5 Å².